The molecular weight excluding hydrogens is 372 g/mol. The molecule has 0 nitrogen and oxygen atoms in total. The molecule has 0 amide bonds. The van der Waals surface area contributed by atoms with Crippen LogP contribution >= 0.6 is 0 Å². The lowest BCUT2D eigenvalue weighted by molar-refractivity contribution is 0.529. The highest BCUT2D eigenvalue weighted by Crippen LogP contribution is 2.35. The van der Waals surface area contributed by atoms with Crippen LogP contribution in [0.5, 0.6) is 0 Å². The fraction of sp³-hybridized carbons (Fsp3) is 0.290. The second-order valence-electron chi connectivity index (χ2n) is 9.87. The van der Waals surface area contributed by atoms with Crippen molar-refractivity contribution in [1.29, 1.82) is 0 Å². The van der Waals surface area contributed by atoms with Gasteiger partial charge in [0.05, 0.1) is 0 Å². The van der Waals surface area contributed by atoms with Crippen LogP contribution in [0.3, 0.4) is 0 Å². The minimum Gasteiger partial charge on any atom is -0.0831 e. The van der Waals surface area contributed by atoms with Gasteiger partial charge in [0.15, 0.2) is 0 Å². The van der Waals surface area contributed by atoms with Crippen molar-refractivity contribution in [2.45, 2.75) is 58.3 Å². The highest BCUT2D eigenvalue weighted by molar-refractivity contribution is 6.08. The van der Waals surface area contributed by atoms with Crippen LogP contribution in [-0.4, -0.2) is 0 Å². The van der Waals surface area contributed by atoms with E-state index in [1.54, 1.807) is 11.1 Å². The molecule has 6 rings (SSSR count). The van der Waals surface area contributed by atoms with Gasteiger partial charge in [0, 0.05) is 0 Å². The van der Waals surface area contributed by atoms with E-state index in [9.17, 15) is 0 Å². The summed E-state index contributed by atoms with van der Waals surface area (Å²) in [5, 5.41) is 5.64. The fourth-order valence-electron chi connectivity index (χ4n) is 5.37. The first-order chi connectivity index (χ1) is 15.0. The molecule has 0 saturated carbocycles. The average molecular weight is 405 g/mol. The van der Waals surface area contributed by atoms with Crippen LogP contribution in [0, 0.1) is 6.92 Å². The molecule has 0 heteroatoms. The number of hydrogen-bond donors (Lipinski definition) is 0. The first kappa shape index (κ1) is 20.1. The molecule has 156 valence electrons. The lowest BCUT2D eigenvalue weighted by Gasteiger charge is -2.29. The molecule has 0 bridgehead atoms. The van der Waals surface area contributed by atoms with E-state index in [0.29, 0.717) is 5.41 Å². The van der Waals surface area contributed by atoms with E-state index < -0.39 is 0 Å². The summed E-state index contributed by atoms with van der Waals surface area (Å²) in [5.74, 6) is 0. The Balaban J connectivity index is 0.000000140. The van der Waals surface area contributed by atoms with Crippen LogP contribution in [0.25, 0.3) is 27.6 Å². The van der Waals surface area contributed by atoms with Crippen molar-refractivity contribution in [2.24, 2.45) is 0 Å². The lowest BCUT2D eigenvalue weighted by atomic mass is 9.75. The van der Waals surface area contributed by atoms with Crippen molar-refractivity contribution in [2.75, 3.05) is 0 Å². The molecule has 0 fully saturated rings. The van der Waals surface area contributed by atoms with E-state index in [1.807, 2.05) is 0 Å². The number of rotatable bonds is 0. The van der Waals surface area contributed by atoms with E-state index in [4.69, 9.17) is 0 Å². The predicted molar refractivity (Wildman–Crippen MR) is 136 cm³/mol. The zero-order valence-electron chi connectivity index (χ0n) is 19.0. The van der Waals surface area contributed by atoms with E-state index in [2.05, 4.69) is 99.7 Å². The fourth-order valence-corrected chi connectivity index (χ4v) is 5.37. The Morgan fingerprint density at radius 1 is 0.742 bits per heavy atom. The van der Waals surface area contributed by atoms with Gasteiger partial charge in [0.2, 0.25) is 0 Å². The standard InChI is InChI=1S/C18H16.C13H16/c1-3-7-15-13(5-1)9-11-18-16-8-4-2-6-14(16)10-12-17(15)18;1-10-6-7-12-11(9-10)5-4-8-13(12,2)3/h1,3,5,7,9-12H,2,4,6,8H2;4-7,9H,8H2,1-3H3. The molecule has 2 aliphatic carbocycles. The highest BCUT2D eigenvalue weighted by Gasteiger charge is 2.23. The topological polar surface area (TPSA) is 0 Å². The number of hydrogen-bond acceptors (Lipinski definition) is 0. The third-order valence-corrected chi connectivity index (χ3v) is 7.12. The Labute approximate surface area is 186 Å². The Kier molecular flexibility index (Phi) is 5.18. The Bertz CT molecular complexity index is 1290. The van der Waals surface area contributed by atoms with E-state index in [1.165, 1.54) is 63.9 Å². The van der Waals surface area contributed by atoms with Crippen LogP contribution in [0.4, 0.5) is 0 Å². The Hall–Kier alpha value is -2.86. The summed E-state index contributed by atoms with van der Waals surface area (Å²) >= 11 is 0. The first-order valence-electron chi connectivity index (χ1n) is 11.7. The van der Waals surface area contributed by atoms with Crippen molar-refractivity contribution in [3.8, 4) is 0 Å². The smallest absolute Gasteiger partial charge is 0.00631 e. The van der Waals surface area contributed by atoms with Crippen LogP contribution in [0.15, 0.2) is 72.8 Å². The average Bonchev–Trinajstić information content (AvgIpc) is 2.78. The maximum Gasteiger partial charge on any atom is -0.00631 e. The summed E-state index contributed by atoms with van der Waals surface area (Å²) < 4.78 is 0. The summed E-state index contributed by atoms with van der Waals surface area (Å²) in [6.45, 7) is 6.77. The number of fused-ring (bicyclic) bond motifs is 6. The van der Waals surface area contributed by atoms with Gasteiger partial charge in [0.25, 0.3) is 0 Å². The second-order valence-corrected chi connectivity index (χ2v) is 9.87. The minimum absolute atomic E-state index is 0.317. The summed E-state index contributed by atoms with van der Waals surface area (Å²) in [7, 11) is 0. The molecule has 0 aliphatic heterocycles. The molecule has 0 N–H and O–H groups in total. The van der Waals surface area contributed by atoms with Crippen molar-refractivity contribution in [1.82, 2.24) is 0 Å². The molecule has 4 aromatic rings. The largest absolute Gasteiger partial charge is 0.0831 e. The van der Waals surface area contributed by atoms with Gasteiger partial charge in [-0.3, -0.25) is 0 Å². The summed E-state index contributed by atoms with van der Waals surface area (Å²) in [4.78, 5) is 0. The Morgan fingerprint density at radius 3 is 2.45 bits per heavy atom. The zero-order valence-corrected chi connectivity index (χ0v) is 19.0. The zero-order chi connectivity index (χ0) is 21.4. The van der Waals surface area contributed by atoms with Crippen LogP contribution in [0.1, 0.15) is 60.9 Å². The molecule has 0 heterocycles. The lowest BCUT2D eigenvalue weighted by Crippen LogP contribution is -2.19. The maximum absolute atomic E-state index is 2.35. The molecule has 0 radical (unpaired) electrons. The molecule has 0 unspecified atom stereocenters. The highest BCUT2D eigenvalue weighted by atomic mass is 14.3. The number of benzene rings is 4. The molecule has 2 aliphatic rings. The van der Waals surface area contributed by atoms with Crippen molar-refractivity contribution in [3.63, 3.8) is 0 Å². The van der Waals surface area contributed by atoms with Crippen LogP contribution in [-0.2, 0) is 18.3 Å². The van der Waals surface area contributed by atoms with Gasteiger partial charge in [-0.15, -0.1) is 0 Å². The van der Waals surface area contributed by atoms with Crippen molar-refractivity contribution in [3.05, 3.63) is 101 Å². The van der Waals surface area contributed by atoms with Gasteiger partial charge in [0.1, 0.15) is 0 Å². The van der Waals surface area contributed by atoms with Gasteiger partial charge in [-0.1, -0.05) is 98.3 Å². The molecule has 4 aromatic carbocycles. The summed E-state index contributed by atoms with van der Waals surface area (Å²) in [6, 6.07) is 24.7. The number of allylic oxidation sites excluding steroid dienone is 1. The maximum atomic E-state index is 2.35. The van der Waals surface area contributed by atoms with Crippen molar-refractivity contribution >= 4 is 27.6 Å². The van der Waals surface area contributed by atoms with E-state index in [-0.39, 0.29) is 0 Å². The van der Waals surface area contributed by atoms with Gasteiger partial charge < -0.3 is 0 Å². The SMILES string of the molecule is Cc1ccc2c(c1)C=CCC2(C)C.c1ccc2c(c1)ccc1c3c(ccc12)CCCC3. The van der Waals surface area contributed by atoms with E-state index in [0.717, 1.165) is 6.42 Å². The van der Waals surface area contributed by atoms with Gasteiger partial charge in [-0.2, -0.15) is 0 Å². The third-order valence-electron chi connectivity index (χ3n) is 7.12. The first-order valence-corrected chi connectivity index (χ1v) is 11.7. The molecule has 0 aromatic heterocycles. The van der Waals surface area contributed by atoms with Crippen molar-refractivity contribution < 1.29 is 0 Å². The van der Waals surface area contributed by atoms with Gasteiger partial charge in [-0.25, -0.2) is 0 Å². The molecule has 31 heavy (non-hydrogen) atoms. The summed E-state index contributed by atoms with van der Waals surface area (Å²) in [6.07, 6.45) is 10.9. The monoisotopic (exact) mass is 404 g/mol. The molecule has 0 spiro atoms. The van der Waals surface area contributed by atoms with E-state index >= 15 is 0 Å². The van der Waals surface area contributed by atoms with Gasteiger partial charge in [-0.05, 0) is 88.2 Å². The second kappa shape index (κ2) is 8.00. The molecular formula is C31H32. The number of aryl methyl sites for hydroxylation is 3. The summed E-state index contributed by atoms with van der Waals surface area (Å²) in [5.41, 5.74) is 7.73. The Morgan fingerprint density at radius 2 is 1.55 bits per heavy atom. The van der Waals surface area contributed by atoms with Crippen LogP contribution in [0.2, 0.25) is 0 Å². The molecule has 0 atom stereocenters. The third kappa shape index (κ3) is 3.81. The quantitative estimate of drug-likeness (QED) is 0.257. The predicted octanol–water partition coefficient (Wildman–Crippen LogP) is 8.56. The normalized spacial score (nSPS) is 16.4. The van der Waals surface area contributed by atoms with Gasteiger partial charge >= 0.3 is 0 Å². The minimum atomic E-state index is 0.317. The van der Waals surface area contributed by atoms with Crippen LogP contribution < -0.4 is 0 Å². The molecule has 0 saturated heterocycles.